The number of piperazine rings is 1. The maximum absolute atomic E-state index is 11.5. The molecule has 0 N–H and O–H groups in total. The Morgan fingerprint density at radius 3 is 2.63 bits per heavy atom. The van der Waals surface area contributed by atoms with Crippen LogP contribution in [-0.2, 0) is 16.0 Å². The average molecular weight is 364 g/mol. The van der Waals surface area contributed by atoms with Crippen LogP contribution in [0.4, 0.5) is 5.69 Å². The molecule has 2 aromatic carbocycles. The van der Waals surface area contributed by atoms with Crippen molar-refractivity contribution in [1.29, 1.82) is 0 Å². The fourth-order valence-electron chi connectivity index (χ4n) is 3.52. The third kappa shape index (κ3) is 3.66. The minimum absolute atomic E-state index is 0.242. The summed E-state index contributed by atoms with van der Waals surface area (Å²) in [5, 5.41) is 0. The van der Waals surface area contributed by atoms with Crippen LogP contribution < -0.4 is 4.90 Å². The Balaban J connectivity index is 1.62. The second-order valence-electron chi connectivity index (χ2n) is 7.00. The van der Waals surface area contributed by atoms with Gasteiger partial charge in [0.1, 0.15) is 6.33 Å². The van der Waals surface area contributed by atoms with E-state index in [2.05, 4.69) is 50.7 Å². The summed E-state index contributed by atoms with van der Waals surface area (Å²) in [4.78, 5) is 20.8. The van der Waals surface area contributed by atoms with Crippen molar-refractivity contribution in [3.8, 4) is 5.69 Å². The van der Waals surface area contributed by atoms with Crippen LogP contribution in [0, 0.1) is 0 Å². The lowest BCUT2D eigenvalue weighted by atomic mass is 10.1. The van der Waals surface area contributed by atoms with Crippen molar-refractivity contribution in [1.82, 2.24) is 14.5 Å². The number of imidazole rings is 1. The molecule has 140 valence electrons. The summed E-state index contributed by atoms with van der Waals surface area (Å²) in [6, 6.07) is 14.5. The first-order valence-electron chi connectivity index (χ1n) is 9.21. The number of anilines is 1. The number of hydrogen-bond acceptors (Lipinski definition) is 5. The molecule has 6 nitrogen and oxygen atoms in total. The lowest BCUT2D eigenvalue weighted by Gasteiger charge is -2.34. The van der Waals surface area contributed by atoms with Gasteiger partial charge in [-0.1, -0.05) is 12.1 Å². The van der Waals surface area contributed by atoms with Gasteiger partial charge in [0.05, 0.1) is 24.6 Å². The molecule has 0 saturated carbocycles. The van der Waals surface area contributed by atoms with E-state index >= 15 is 0 Å². The molecule has 0 aliphatic carbocycles. The lowest BCUT2D eigenvalue weighted by Crippen LogP contribution is -2.44. The minimum atomic E-state index is -0.242. The number of carbonyl (C=O) groups excluding carboxylic acids is 1. The number of methoxy groups -OCH3 is 1. The summed E-state index contributed by atoms with van der Waals surface area (Å²) in [7, 11) is 3.57. The molecule has 1 aliphatic heterocycles. The predicted molar refractivity (Wildman–Crippen MR) is 107 cm³/mol. The second-order valence-corrected chi connectivity index (χ2v) is 7.00. The number of ether oxygens (including phenoxy) is 1. The maximum atomic E-state index is 11.5. The van der Waals surface area contributed by atoms with Gasteiger partial charge in [-0.25, -0.2) is 4.98 Å². The maximum Gasteiger partial charge on any atom is 0.309 e. The molecule has 2 heterocycles. The SMILES string of the molecule is COC(=O)Cc1ccc2c(c1)ncn2-c1cccc(N2CCN(C)CC2)c1. The van der Waals surface area contributed by atoms with E-state index in [1.165, 1.54) is 12.8 Å². The van der Waals surface area contributed by atoms with Gasteiger partial charge in [-0.2, -0.15) is 0 Å². The summed E-state index contributed by atoms with van der Waals surface area (Å²) in [5.74, 6) is -0.242. The molecule has 0 atom stereocenters. The fraction of sp³-hybridized carbons (Fsp3) is 0.333. The number of benzene rings is 2. The molecule has 0 spiro atoms. The van der Waals surface area contributed by atoms with E-state index in [1.807, 2.05) is 24.5 Å². The van der Waals surface area contributed by atoms with Gasteiger partial charge in [0, 0.05) is 37.6 Å². The third-order valence-electron chi connectivity index (χ3n) is 5.16. The highest BCUT2D eigenvalue weighted by atomic mass is 16.5. The molecule has 1 saturated heterocycles. The second kappa shape index (κ2) is 7.40. The third-order valence-corrected chi connectivity index (χ3v) is 5.16. The van der Waals surface area contributed by atoms with Crippen molar-refractivity contribution in [2.75, 3.05) is 45.2 Å². The van der Waals surface area contributed by atoms with Crippen molar-refractivity contribution in [3.63, 3.8) is 0 Å². The van der Waals surface area contributed by atoms with Crippen LogP contribution in [0.1, 0.15) is 5.56 Å². The molecular formula is C21H24N4O2. The van der Waals surface area contributed by atoms with Gasteiger partial charge in [0.2, 0.25) is 0 Å². The average Bonchev–Trinajstić information content (AvgIpc) is 3.12. The lowest BCUT2D eigenvalue weighted by molar-refractivity contribution is -0.139. The molecule has 1 fully saturated rings. The quantitative estimate of drug-likeness (QED) is 0.666. The Bertz CT molecular complexity index is 958. The van der Waals surface area contributed by atoms with Gasteiger partial charge in [-0.3, -0.25) is 9.36 Å². The van der Waals surface area contributed by atoms with E-state index in [-0.39, 0.29) is 12.4 Å². The zero-order valence-electron chi connectivity index (χ0n) is 15.8. The standard InChI is InChI=1S/C21H24N4O2/c1-23-8-10-24(11-9-23)17-4-3-5-18(14-17)25-15-22-19-12-16(6-7-20(19)25)13-21(26)27-2/h3-7,12,14-15H,8-11,13H2,1-2H3. The number of rotatable bonds is 4. The van der Waals surface area contributed by atoms with E-state index in [1.54, 1.807) is 0 Å². The van der Waals surface area contributed by atoms with Crippen LogP contribution in [0.25, 0.3) is 16.7 Å². The van der Waals surface area contributed by atoms with Crippen LogP contribution in [0.15, 0.2) is 48.8 Å². The molecule has 0 amide bonds. The van der Waals surface area contributed by atoms with Crippen LogP contribution in [0.3, 0.4) is 0 Å². The number of esters is 1. The van der Waals surface area contributed by atoms with Crippen molar-refractivity contribution >= 4 is 22.7 Å². The van der Waals surface area contributed by atoms with Gasteiger partial charge in [-0.05, 0) is 42.9 Å². The van der Waals surface area contributed by atoms with Crippen LogP contribution in [-0.4, -0.2) is 60.8 Å². The normalized spacial score (nSPS) is 15.3. The Morgan fingerprint density at radius 2 is 1.85 bits per heavy atom. The monoisotopic (exact) mass is 364 g/mol. The zero-order chi connectivity index (χ0) is 18.8. The summed E-state index contributed by atoms with van der Waals surface area (Å²) in [6.45, 7) is 4.26. The van der Waals surface area contributed by atoms with E-state index < -0.39 is 0 Å². The molecule has 4 rings (SSSR count). The first kappa shape index (κ1) is 17.5. The van der Waals surface area contributed by atoms with Crippen molar-refractivity contribution in [3.05, 3.63) is 54.4 Å². The molecule has 0 radical (unpaired) electrons. The van der Waals surface area contributed by atoms with E-state index in [4.69, 9.17) is 4.74 Å². The van der Waals surface area contributed by atoms with E-state index in [0.29, 0.717) is 0 Å². The summed E-state index contributed by atoms with van der Waals surface area (Å²) in [6.07, 6.45) is 2.11. The fourth-order valence-corrected chi connectivity index (χ4v) is 3.52. The number of likely N-dealkylation sites (N-methyl/N-ethyl adjacent to an activating group) is 1. The van der Waals surface area contributed by atoms with Crippen LogP contribution in [0.2, 0.25) is 0 Å². The Labute approximate surface area is 159 Å². The van der Waals surface area contributed by atoms with Crippen molar-refractivity contribution in [2.45, 2.75) is 6.42 Å². The van der Waals surface area contributed by atoms with Crippen molar-refractivity contribution in [2.24, 2.45) is 0 Å². The highest BCUT2D eigenvalue weighted by molar-refractivity contribution is 5.80. The molecule has 0 unspecified atom stereocenters. The molecule has 6 heteroatoms. The molecule has 1 aromatic heterocycles. The smallest absolute Gasteiger partial charge is 0.309 e. The molecule has 1 aliphatic rings. The number of fused-ring (bicyclic) bond motifs is 1. The molecular weight excluding hydrogens is 340 g/mol. The van der Waals surface area contributed by atoms with Gasteiger partial charge in [0.25, 0.3) is 0 Å². The predicted octanol–water partition coefficient (Wildman–Crippen LogP) is 2.49. The minimum Gasteiger partial charge on any atom is -0.469 e. The molecule has 0 bridgehead atoms. The van der Waals surface area contributed by atoms with Gasteiger partial charge in [0.15, 0.2) is 0 Å². The Kier molecular flexibility index (Phi) is 4.81. The first-order chi connectivity index (χ1) is 13.1. The highest BCUT2D eigenvalue weighted by Crippen LogP contribution is 2.24. The van der Waals surface area contributed by atoms with Gasteiger partial charge >= 0.3 is 5.97 Å². The first-order valence-corrected chi connectivity index (χ1v) is 9.21. The Hall–Kier alpha value is -2.86. The zero-order valence-corrected chi connectivity index (χ0v) is 15.8. The number of aromatic nitrogens is 2. The number of carbonyl (C=O) groups is 1. The van der Waals surface area contributed by atoms with Gasteiger partial charge in [-0.15, -0.1) is 0 Å². The van der Waals surface area contributed by atoms with Crippen molar-refractivity contribution < 1.29 is 9.53 Å². The number of nitrogens with zero attached hydrogens (tertiary/aromatic N) is 4. The van der Waals surface area contributed by atoms with E-state index in [0.717, 1.165) is 48.5 Å². The molecule has 27 heavy (non-hydrogen) atoms. The van der Waals surface area contributed by atoms with Gasteiger partial charge < -0.3 is 14.5 Å². The summed E-state index contributed by atoms with van der Waals surface area (Å²) >= 11 is 0. The Morgan fingerprint density at radius 1 is 1.07 bits per heavy atom. The topological polar surface area (TPSA) is 50.6 Å². The summed E-state index contributed by atoms with van der Waals surface area (Å²) < 4.78 is 6.84. The molecule has 3 aromatic rings. The summed E-state index contributed by atoms with van der Waals surface area (Å²) in [5.41, 5.74) is 5.14. The highest BCUT2D eigenvalue weighted by Gasteiger charge is 2.15. The largest absolute Gasteiger partial charge is 0.469 e. The number of hydrogen-bond donors (Lipinski definition) is 0. The van der Waals surface area contributed by atoms with Crippen LogP contribution >= 0.6 is 0 Å². The van der Waals surface area contributed by atoms with E-state index in [9.17, 15) is 4.79 Å². The van der Waals surface area contributed by atoms with Crippen LogP contribution in [0.5, 0.6) is 0 Å².